The Morgan fingerprint density at radius 3 is 2.52 bits per heavy atom. The van der Waals surface area contributed by atoms with E-state index in [9.17, 15) is 14.4 Å². The lowest BCUT2D eigenvalue weighted by Gasteiger charge is -2.13. The van der Waals surface area contributed by atoms with Gasteiger partial charge < -0.3 is 20.1 Å². The minimum atomic E-state index is -0.476. The van der Waals surface area contributed by atoms with E-state index in [1.165, 1.54) is 20.1 Å². The smallest absolute Gasteiger partial charge is 0.267 e. The molecule has 2 aromatic carbocycles. The molecule has 0 bridgehead atoms. The van der Waals surface area contributed by atoms with Gasteiger partial charge in [-0.15, -0.1) is 0 Å². The van der Waals surface area contributed by atoms with Crippen LogP contribution in [0.1, 0.15) is 6.92 Å². The Morgan fingerprint density at radius 2 is 1.81 bits per heavy atom. The molecule has 0 fully saturated rings. The summed E-state index contributed by atoms with van der Waals surface area (Å²) in [6, 6.07) is 15.0. The number of ether oxygens (including phenoxy) is 2. The molecular formula is C22H22N4O5. The highest BCUT2D eigenvalue weighted by molar-refractivity contribution is 5.94. The Hall–Kier alpha value is -4.14. The van der Waals surface area contributed by atoms with Crippen LogP contribution in [0.4, 0.5) is 11.4 Å². The number of anilines is 2. The summed E-state index contributed by atoms with van der Waals surface area (Å²) in [5, 5.41) is 9.63. The van der Waals surface area contributed by atoms with E-state index in [2.05, 4.69) is 15.7 Å². The van der Waals surface area contributed by atoms with Crippen LogP contribution in [0.3, 0.4) is 0 Å². The molecule has 2 N–H and O–H groups in total. The first-order chi connectivity index (χ1) is 14.9. The van der Waals surface area contributed by atoms with Crippen LogP contribution >= 0.6 is 0 Å². The second-order valence-corrected chi connectivity index (χ2v) is 6.59. The van der Waals surface area contributed by atoms with Gasteiger partial charge in [0.2, 0.25) is 11.8 Å². The Bertz CT molecular complexity index is 1170. The van der Waals surface area contributed by atoms with Gasteiger partial charge in [0.1, 0.15) is 18.0 Å². The van der Waals surface area contributed by atoms with Crippen LogP contribution in [-0.4, -0.2) is 35.8 Å². The number of hydrogen-bond donors (Lipinski definition) is 2. The molecule has 0 saturated heterocycles. The zero-order valence-corrected chi connectivity index (χ0v) is 17.3. The van der Waals surface area contributed by atoms with Gasteiger partial charge in [-0.2, -0.15) is 5.10 Å². The summed E-state index contributed by atoms with van der Waals surface area (Å²) in [6.45, 7) is 1.08. The molecule has 9 nitrogen and oxygen atoms in total. The van der Waals surface area contributed by atoms with E-state index in [-0.39, 0.29) is 12.5 Å². The number of rotatable bonds is 7. The standard InChI is InChI=1S/C22H22N4O5/c1-14(27)23-16-7-9-20(31-3)19(12-16)24-21(28)13-26-22(29)10-8-18(25-26)15-5-4-6-17(11-15)30-2/h4-12H,13H2,1-3H3,(H,23,27)(H,24,28). The molecule has 3 aromatic rings. The Kier molecular flexibility index (Phi) is 6.66. The summed E-state index contributed by atoms with van der Waals surface area (Å²) in [7, 11) is 3.03. The zero-order chi connectivity index (χ0) is 22.4. The van der Waals surface area contributed by atoms with E-state index in [0.29, 0.717) is 28.6 Å². The second kappa shape index (κ2) is 9.57. The van der Waals surface area contributed by atoms with Gasteiger partial charge >= 0.3 is 0 Å². The van der Waals surface area contributed by atoms with Gasteiger partial charge in [0.15, 0.2) is 0 Å². The van der Waals surface area contributed by atoms with Crippen molar-refractivity contribution in [2.45, 2.75) is 13.5 Å². The molecule has 0 spiro atoms. The van der Waals surface area contributed by atoms with E-state index in [0.717, 1.165) is 10.2 Å². The molecule has 9 heteroatoms. The first kappa shape index (κ1) is 21.6. The molecule has 0 unspecified atom stereocenters. The largest absolute Gasteiger partial charge is 0.497 e. The molecule has 0 aliphatic carbocycles. The predicted molar refractivity (Wildman–Crippen MR) is 116 cm³/mol. The Balaban J connectivity index is 1.82. The fraction of sp³-hybridized carbons (Fsp3) is 0.182. The first-order valence-corrected chi connectivity index (χ1v) is 9.37. The maximum atomic E-state index is 12.6. The van der Waals surface area contributed by atoms with Crippen molar-refractivity contribution in [2.24, 2.45) is 0 Å². The fourth-order valence-electron chi connectivity index (χ4n) is 2.91. The lowest BCUT2D eigenvalue weighted by Crippen LogP contribution is -2.29. The highest BCUT2D eigenvalue weighted by Gasteiger charge is 2.12. The molecule has 160 valence electrons. The monoisotopic (exact) mass is 422 g/mol. The third kappa shape index (κ3) is 5.47. The number of nitrogens with one attached hydrogen (secondary N) is 2. The number of nitrogens with zero attached hydrogens (tertiary/aromatic N) is 2. The van der Waals surface area contributed by atoms with Crippen LogP contribution in [0.15, 0.2) is 59.4 Å². The molecule has 1 heterocycles. The molecule has 3 rings (SSSR count). The number of benzene rings is 2. The predicted octanol–water partition coefficient (Wildman–Crippen LogP) is 2.52. The molecule has 0 saturated carbocycles. The highest BCUT2D eigenvalue weighted by atomic mass is 16.5. The third-order valence-corrected chi connectivity index (χ3v) is 4.32. The lowest BCUT2D eigenvalue weighted by atomic mass is 10.1. The van der Waals surface area contributed by atoms with Crippen molar-refractivity contribution < 1.29 is 19.1 Å². The average Bonchev–Trinajstić information content (AvgIpc) is 2.75. The van der Waals surface area contributed by atoms with E-state index < -0.39 is 11.5 Å². The summed E-state index contributed by atoms with van der Waals surface area (Å²) in [5.74, 6) is 0.344. The van der Waals surface area contributed by atoms with Crippen molar-refractivity contribution in [3.05, 3.63) is 65.0 Å². The minimum Gasteiger partial charge on any atom is -0.497 e. The maximum absolute atomic E-state index is 12.6. The van der Waals surface area contributed by atoms with Gasteiger partial charge in [-0.1, -0.05) is 12.1 Å². The van der Waals surface area contributed by atoms with E-state index in [1.807, 2.05) is 12.1 Å². The quantitative estimate of drug-likeness (QED) is 0.605. The van der Waals surface area contributed by atoms with Gasteiger partial charge in [-0.05, 0) is 36.4 Å². The number of carbonyl (C=O) groups is 2. The van der Waals surface area contributed by atoms with Crippen LogP contribution < -0.4 is 25.7 Å². The zero-order valence-electron chi connectivity index (χ0n) is 17.3. The van der Waals surface area contributed by atoms with Crippen LogP contribution in [0.5, 0.6) is 11.5 Å². The average molecular weight is 422 g/mol. The minimum absolute atomic E-state index is 0.243. The first-order valence-electron chi connectivity index (χ1n) is 9.37. The molecule has 0 aliphatic rings. The molecule has 1 aromatic heterocycles. The summed E-state index contributed by atoms with van der Waals surface area (Å²) >= 11 is 0. The lowest BCUT2D eigenvalue weighted by molar-refractivity contribution is -0.117. The van der Waals surface area contributed by atoms with Crippen molar-refractivity contribution >= 4 is 23.2 Å². The van der Waals surface area contributed by atoms with Crippen LogP contribution in [0, 0.1) is 0 Å². The number of hydrogen-bond acceptors (Lipinski definition) is 6. The van der Waals surface area contributed by atoms with Crippen LogP contribution in [-0.2, 0) is 16.1 Å². The number of carbonyl (C=O) groups excluding carboxylic acids is 2. The van der Waals surface area contributed by atoms with Gasteiger partial charge in [0.05, 0.1) is 25.6 Å². The number of aromatic nitrogens is 2. The van der Waals surface area contributed by atoms with Crippen LogP contribution in [0.25, 0.3) is 11.3 Å². The second-order valence-electron chi connectivity index (χ2n) is 6.59. The molecule has 2 amide bonds. The van der Waals surface area contributed by atoms with Crippen molar-refractivity contribution in [1.82, 2.24) is 9.78 Å². The summed E-state index contributed by atoms with van der Waals surface area (Å²) in [4.78, 5) is 36.1. The molecule has 0 aliphatic heterocycles. The van der Waals surface area contributed by atoms with Crippen molar-refractivity contribution in [3.63, 3.8) is 0 Å². The number of amides is 2. The Morgan fingerprint density at radius 1 is 1.00 bits per heavy atom. The molecule has 0 radical (unpaired) electrons. The van der Waals surface area contributed by atoms with Crippen molar-refractivity contribution in [2.75, 3.05) is 24.9 Å². The van der Waals surface area contributed by atoms with E-state index in [4.69, 9.17) is 9.47 Å². The third-order valence-electron chi connectivity index (χ3n) is 4.32. The Labute approximate surface area is 178 Å². The van der Waals surface area contributed by atoms with E-state index in [1.54, 1.807) is 43.5 Å². The summed E-state index contributed by atoms with van der Waals surface area (Å²) in [5.41, 5.74) is 1.71. The van der Waals surface area contributed by atoms with Crippen molar-refractivity contribution in [1.29, 1.82) is 0 Å². The van der Waals surface area contributed by atoms with Gasteiger partial charge in [0.25, 0.3) is 5.56 Å². The number of methoxy groups -OCH3 is 2. The van der Waals surface area contributed by atoms with Gasteiger partial charge in [-0.25, -0.2) is 4.68 Å². The van der Waals surface area contributed by atoms with Gasteiger partial charge in [0, 0.05) is 24.2 Å². The molecule has 31 heavy (non-hydrogen) atoms. The summed E-state index contributed by atoms with van der Waals surface area (Å²) < 4.78 is 11.6. The SMILES string of the molecule is COc1cccc(-c2ccc(=O)n(CC(=O)Nc3cc(NC(C)=O)ccc3OC)n2)c1. The van der Waals surface area contributed by atoms with Crippen molar-refractivity contribution in [3.8, 4) is 22.8 Å². The normalized spacial score (nSPS) is 10.3. The molecule has 0 atom stereocenters. The topological polar surface area (TPSA) is 112 Å². The molecular weight excluding hydrogens is 400 g/mol. The van der Waals surface area contributed by atoms with Crippen LogP contribution in [0.2, 0.25) is 0 Å². The van der Waals surface area contributed by atoms with Gasteiger partial charge in [-0.3, -0.25) is 14.4 Å². The summed E-state index contributed by atoms with van der Waals surface area (Å²) in [6.07, 6.45) is 0. The highest BCUT2D eigenvalue weighted by Crippen LogP contribution is 2.28. The van der Waals surface area contributed by atoms with E-state index >= 15 is 0 Å². The maximum Gasteiger partial charge on any atom is 0.267 e. The fourth-order valence-corrected chi connectivity index (χ4v) is 2.91.